The van der Waals surface area contributed by atoms with Gasteiger partial charge in [0, 0.05) is 83.3 Å². The zero-order chi connectivity index (χ0) is 48.8. The summed E-state index contributed by atoms with van der Waals surface area (Å²) in [4.78, 5) is 29.7. The summed E-state index contributed by atoms with van der Waals surface area (Å²) < 4.78 is 25.1. The van der Waals surface area contributed by atoms with Crippen LogP contribution in [0.2, 0.25) is 0 Å². The Hall–Kier alpha value is -6.19. The Morgan fingerprint density at radius 1 is 0.457 bits per heavy atom. The summed E-state index contributed by atoms with van der Waals surface area (Å²) in [6.07, 6.45) is 22.2. The number of rotatable bonds is 0. The Morgan fingerprint density at radius 3 is 1.67 bits per heavy atom. The normalized spacial score (nSPS) is 16.7. The Bertz CT molecular complexity index is 2560. The van der Waals surface area contributed by atoms with E-state index in [1.54, 1.807) is 0 Å². The average Bonchev–Trinajstić information content (AvgIpc) is 4.27. The van der Waals surface area contributed by atoms with Crippen LogP contribution in [0.1, 0.15) is 126 Å². The van der Waals surface area contributed by atoms with Gasteiger partial charge in [-0.1, -0.05) is 12.5 Å². The number of hydrogen-bond acceptors (Lipinski definition) is 14. The van der Waals surface area contributed by atoms with Crippen LogP contribution in [0, 0.1) is 48.5 Å². The highest BCUT2D eigenvalue weighted by molar-refractivity contribution is 5.41. The molecule has 7 aliphatic rings. The van der Waals surface area contributed by atoms with Crippen molar-refractivity contribution in [1.82, 2.24) is 93.0 Å². The summed E-state index contributed by atoms with van der Waals surface area (Å²) in [7, 11) is 0. The van der Waals surface area contributed by atoms with Crippen molar-refractivity contribution in [2.24, 2.45) is 0 Å². The SMILES string of the molecule is Cc1nc2n(n1)CCC2.Cc1nc2n(n1)CCC=C2.Cc1nc2n(n1)CCCCC2.Cc1nc2n(n1)CCOC2.Cc1ncc2n1CCCC2.Cc1ncc2n1CCNC2.Cc1ncc2n1CCOC2. The van der Waals surface area contributed by atoms with E-state index in [1.807, 2.05) is 73.3 Å². The predicted molar refractivity (Wildman–Crippen MR) is 263 cm³/mol. The summed E-state index contributed by atoms with van der Waals surface area (Å²) in [5.74, 6) is 11.2. The van der Waals surface area contributed by atoms with Crippen LogP contribution in [0.15, 0.2) is 24.7 Å². The van der Waals surface area contributed by atoms with Crippen molar-refractivity contribution >= 4 is 6.08 Å². The maximum Gasteiger partial charge on any atom is 0.153 e. The van der Waals surface area contributed by atoms with Gasteiger partial charge in [0.25, 0.3) is 0 Å². The van der Waals surface area contributed by atoms with Crippen molar-refractivity contribution < 1.29 is 9.47 Å². The molecule has 0 atom stereocenters. The van der Waals surface area contributed by atoms with Gasteiger partial charge in [-0.2, -0.15) is 20.4 Å². The third-order valence-electron chi connectivity index (χ3n) is 12.9. The molecule has 7 aromatic rings. The molecule has 0 aromatic carbocycles. The quantitative estimate of drug-likeness (QED) is 0.199. The summed E-state index contributed by atoms with van der Waals surface area (Å²) in [5, 5.41) is 20.2. The first kappa shape index (κ1) is 50.2. The molecule has 0 radical (unpaired) electrons. The highest BCUT2D eigenvalue weighted by Crippen LogP contribution is 2.16. The summed E-state index contributed by atoms with van der Waals surface area (Å²) in [6, 6.07) is 0. The van der Waals surface area contributed by atoms with E-state index in [2.05, 4.69) is 98.9 Å². The highest BCUT2D eigenvalue weighted by atomic mass is 16.5. The Kier molecular flexibility index (Phi) is 17.6. The minimum atomic E-state index is 0.612. The van der Waals surface area contributed by atoms with E-state index in [1.165, 1.54) is 80.2 Å². The molecule has 7 aromatic heterocycles. The fourth-order valence-electron chi connectivity index (χ4n) is 9.31. The zero-order valence-corrected chi connectivity index (χ0v) is 42.5. The molecule has 0 fully saturated rings. The number of hydrogen-bond donors (Lipinski definition) is 1. The second-order valence-electron chi connectivity index (χ2n) is 18.3. The van der Waals surface area contributed by atoms with Gasteiger partial charge in [0.1, 0.15) is 59.0 Å². The van der Waals surface area contributed by atoms with E-state index in [-0.39, 0.29) is 0 Å². The summed E-state index contributed by atoms with van der Waals surface area (Å²) >= 11 is 0. The molecule has 70 heavy (non-hydrogen) atoms. The van der Waals surface area contributed by atoms with Gasteiger partial charge in [-0.25, -0.2) is 53.6 Å². The van der Waals surface area contributed by atoms with Crippen molar-refractivity contribution in [3.05, 3.63) is 106 Å². The summed E-state index contributed by atoms with van der Waals surface area (Å²) in [6.45, 7) is 26.0. The first-order valence-electron chi connectivity index (χ1n) is 25.3. The average molecular weight is 960 g/mol. The van der Waals surface area contributed by atoms with Crippen LogP contribution in [0.4, 0.5) is 0 Å². The number of fused-ring (bicyclic) bond motifs is 7. The Labute approximate surface area is 411 Å². The van der Waals surface area contributed by atoms with E-state index >= 15 is 0 Å². The van der Waals surface area contributed by atoms with E-state index in [4.69, 9.17) is 9.47 Å². The molecule has 1 N–H and O–H groups in total. The maximum absolute atomic E-state index is 5.25. The van der Waals surface area contributed by atoms with Gasteiger partial charge < -0.3 is 28.5 Å². The molecular weight excluding hydrogens is 887 g/mol. The lowest BCUT2D eigenvalue weighted by molar-refractivity contribution is 0.0769. The van der Waals surface area contributed by atoms with Crippen molar-refractivity contribution in [3.8, 4) is 0 Å². The molecule has 0 unspecified atom stereocenters. The van der Waals surface area contributed by atoms with Gasteiger partial charge in [0.05, 0.1) is 44.0 Å². The van der Waals surface area contributed by atoms with Gasteiger partial charge in [-0.05, 0) is 99.5 Å². The van der Waals surface area contributed by atoms with E-state index < -0.39 is 0 Å². The van der Waals surface area contributed by atoms with Gasteiger partial charge in [0.15, 0.2) is 11.6 Å². The largest absolute Gasteiger partial charge is 0.373 e. The number of nitrogens with zero attached hydrogens (tertiary/aromatic N) is 18. The van der Waals surface area contributed by atoms with Crippen LogP contribution >= 0.6 is 0 Å². The lowest BCUT2D eigenvalue weighted by Crippen LogP contribution is -2.28. The van der Waals surface area contributed by atoms with Crippen LogP contribution < -0.4 is 5.32 Å². The number of imidazole rings is 3. The third-order valence-corrected chi connectivity index (χ3v) is 12.9. The lowest BCUT2D eigenvalue weighted by Gasteiger charge is -2.16. The molecule has 14 rings (SSSR count). The molecule has 0 bridgehead atoms. The van der Waals surface area contributed by atoms with E-state index in [0.717, 1.165) is 144 Å². The second-order valence-corrected chi connectivity index (χ2v) is 18.3. The van der Waals surface area contributed by atoms with Crippen LogP contribution in [0.5, 0.6) is 0 Å². The molecular formula is C49H73N19O2. The lowest BCUT2D eigenvalue weighted by atomic mass is 10.1. The molecule has 0 saturated heterocycles. The first-order chi connectivity index (χ1) is 34.1. The molecule has 21 heteroatoms. The van der Waals surface area contributed by atoms with Crippen molar-refractivity contribution in [2.45, 2.75) is 178 Å². The first-order valence-corrected chi connectivity index (χ1v) is 25.3. The number of allylic oxidation sites excluding steroid dienone is 1. The fourth-order valence-corrected chi connectivity index (χ4v) is 9.31. The van der Waals surface area contributed by atoms with Crippen molar-refractivity contribution in [3.63, 3.8) is 0 Å². The number of ether oxygens (including phenoxy) is 2. The molecule has 0 amide bonds. The van der Waals surface area contributed by atoms with Gasteiger partial charge >= 0.3 is 0 Å². The fraction of sp³-hybridized carbons (Fsp3) is 0.612. The van der Waals surface area contributed by atoms with E-state index in [0.29, 0.717) is 6.61 Å². The molecule has 7 aliphatic heterocycles. The Morgan fingerprint density at radius 2 is 1.00 bits per heavy atom. The maximum atomic E-state index is 5.25. The third kappa shape index (κ3) is 13.6. The molecule has 376 valence electrons. The predicted octanol–water partition coefficient (Wildman–Crippen LogP) is 5.51. The van der Waals surface area contributed by atoms with Crippen LogP contribution in [0.25, 0.3) is 6.08 Å². The minimum Gasteiger partial charge on any atom is -0.373 e. The number of nitrogens with one attached hydrogen (secondary N) is 1. The van der Waals surface area contributed by atoms with Crippen molar-refractivity contribution in [2.75, 3.05) is 19.8 Å². The molecule has 14 heterocycles. The second kappa shape index (κ2) is 24.6. The van der Waals surface area contributed by atoms with Crippen LogP contribution in [-0.2, 0) is 94.3 Å². The minimum absolute atomic E-state index is 0.612. The van der Waals surface area contributed by atoms with Crippen molar-refractivity contribution in [1.29, 1.82) is 0 Å². The molecule has 0 aliphatic carbocycles. The van der Waals surface area contributed by atoms with Gasteiger partial charge in [-0.3, -0.25) is 0 Å². The summed E-state index contributed by atoms with van der Waals surface area (Å²) in [5.41, 5.74) is 3.93. The van der Waals surface area contributed by atoms with E-state index in [9.17, 15) is 0 Å². The van der Waals surface area contributed by atoms with Crippen LogP contribution in [-0.4, -0.2) is 107 Å². The number of aryl methyl sites for hydroxylation is 13. The topological polar surface area (TPSA) is 207 Å². The highest BCUT2D eigenvalue weighted by Gasteiger charge is 2.15. The molecule has 0 saturated carbocycles. The van der Waals surface area contributed by atoms with Gasteiger partial charge in [0.2, 0.25) is 0 Å². The van der Waals surface area contributed by atoms with Gasteiger partial charge in [-0.15, -0.1) is 0 Å². The standard InChI is InChI=1S/C8H13N3.C8H12N2.C7H11N3.C7H9N3.C7H10N2O.C6H9N3O.C6H9N3/c1-7-9-8-5-3-2-4-6-11(8)10-7;1-7-9-6-8-4-2-3-5-10(7)8;1-6-9-5-7-4-8-2-3-10(6)7;1-6-8-7-4-2-3-5-10(7)9-6;1-6-8-4-7-5-10-3-2-9(6)7;1-5-7-6-4-10-3-2-9(6)8-5;1-5-7-6-3-2-4-9(6)8-5/h2-6H2,1H3;6H,2-5H2,1H3;5,8H,2-4H2,1H3;2,4H,3,5H2,1H3;4H,2-3,5H2,1H3;2-4H2,1H3;2-4H2,1H3. The monoisotopic (exact) mass is 960 g/mol. The van der Waals surface area contributed by atoms with Crippen LogP contribution in [0.3, 0.4) is 0 Å². The zero-order valence-electron chi connectivity index (χ0n) is 42.5. The number of aromatic nitrogens is 18. The molecule has 0 spiro atoms. The smallest absolute Gasteiger partial charge is 0.153 e. The molecule has 21 nitrogen and oxygen atoms in total. The Balaban J connectivity index is 0.000000110.